The number of anilines is 1. The molecule has 0 aromatic heterocycles. The Labute approximate surface area is 120 Å². The monoisotopic (exact) mass is 276 g/mol. The molecular formula is C16H24N2O2. The molecule has 4 heteroatoms. The average molecular weight is 276 g/mol. The molecule has 1 amide bonds. The summed E-state index contributed by atoms with van der Waals surface area (Å²) in [5.74, 6) is 0.567. The molecule has 0 unspecified atom stereocenters. The van der Waals surface area contributed by atoms with E-state index in [2.05, 4.69) is 17.6 Å². The highest BCUT2D eigenvalue weighted by Crippen LogP contribution is 2.17. The zero-order chi connectivity index (χ0) is 14.4. The lowest BCUT2D eigenvalue weighted by molar-refractivity contribution is 0.0642. The maximum absolute atomic E-state index is 12.1. The number of carbonyl (C=O) groups is 1. The molecule has 110 valence electrons. The molecule has 1 aromatic rings. The van der Waals surface area contributed by atoms with Crippen molar-refractivity contribution in [2.24, 2.45) is 5.92 Å². The van der Waals surface area contributed by atoms with E-state index in [9.17, 15) is 4.79 Å². The van der Waals surface area contributed by atoms with Crippen LogP contribution in [0.2, 0.25) is 0 Å². The molecule has 4 nitrogen and oxygen atoms in total. The summed E-state index contributed by atoms with van der Waals surface area (Å²) in [5, 5.41) is 6.31. The van der Waals surface area contributed by atoms with Gasteiger partial charge in [-0.05, 0) is 56.4 Å². The normalized spacial score (nSPS) is 15.9. The minimum atomic E-state index is 0.0163. The van der Waals surface area contributed by atoms with Gasteiger partial charge in [-0.1, -0.05) is 0 Å². The molecule has 0 bridgehead atoms. The summed E-state index contributed by atoms with van der Waals surface area (Å²) in [5.41, 5.74) is 2.93. The van der Waals surface area contributed by atoms with Gasteiger partial charge in [0.15, 0.2) is 0 Å². The van der Waals surface area contributed by atoms with E-state index in [0.717, 1.165) is 56.0 Å². The Morgan fingerprint density at radius 1 is 1.35 bits per heavy atom. The molecule has 0 radical (unpaired) electrons. The lowest BCUT2D eigenvalue weighted by atomic mass is 10.0. The fourth-order valence-corrected chi connectivity index (χ4v) is 2.48. The van der Waals surface area contributed by atoms with Crippen LogP contribution in [0.15, 0.2) is 18.2 Å². The standard InChI is InChI=1S/C16H24N2O2/c1-3-17-15-5-4-14(10-12(15)2)16(19)18-11-13-6-8-20-9-7-13/h4-5,10,13,17H,3,6-9,11H2,1-2H3,(H,18,19). The van der Waals surface area contributed by atoms with Crippen LogP contribution in [0, 0.1) is 12.8 Å². The van der Waals surface area contributed by atoms with Gasteiger partial charge in [-0.2, -0.15) is 0 Å². The van der Waals surface area contributed by atoms with Crippen molar-refractivity contribution in [2.45, 2.75) is 26.7 Å². The SMILES string of the molecule is CCNc1ccc(C(=O)NCC2CCOCC2)cc1C. The van der Waals surface area contributed by atoms with Crippen LogP contribution in [0.25, 0.3) is 0 Å². The van der Waals surface area contributed by atoms with Gasteiger partial charge in [-0.25, -0.2) is 0 Å². The minimum Gasteiger partial charge on any atom is -0.385 e. The van der Waals surface area contributed by atoms with Crippen molar-refractivity contribution in [1.82, 2.24) is 5.32 Å². The predicted molar refractivity (Wildman–Crippen MR) is 81.2 cm³/mol. The smallest absolute Gasteiger partial charge is 0.251 e. The zero-order valence-corrected chi connectivity index (χ0v) is 12.4. The van der Waals surface area contributed by atoms with E-state index in [-0.39, 0.29) is 5.91 Å². The number of hydrogen-bond donors (Lipinski definition) is 2. The van der Waals surface area contributed by atoms with Crippen LogP contribution < -0.4 is 10.6 Å². The van der Waals surface area contributed by atoms with Gasteiger partial charge in [-0.15, -0.1) is 0 Å². The Hall–Kier alpha value is -1.55. The second kappa shape index (κ2) is 7.29. The molecule has 0 aliphatic carbocycles. The van der Waals surface area contributed by atoms with Gasteiger partial charge >= 0.3 is 0 Å². The highest BCUT2D eigenvalue weighted by atomic mass is 16.5. The van der Waals surface area contributed by atoms with E-state index in [1.54, 1.807) is 0 Å². The first-order valence-corrected chi connectivity index (χ1v) is 7.41. The average Bonchev–Trinajstić information content (AvgIpc) is 2.48. The van der Waals surface area contributed by atoms with E-state index in [1.807, 2.05) is 25.1 Å². The second-order valence-electron chi connectivity index (χ2n) is 5.33. The topological polar surface area (TPSA) is 50.4 Å². The van der Waals surface area contributed by atoms with Crippen LogP contribution in [0.4, 0.5) is 5.69 Å². The third-order valence-electron chi connectivity index (χ3n) is 3.75. The summed E-state index contributed by atoms with van der Waals surface area (Å²) in [4.78, 5) is 12.1. The van der Waals surface area contributed by atoms with Gasteiger partial charge in [0.2, 0.25) is 0 Å². The summed E-state index contributed by atoms with van der Waals surface area (Å²) in [6, 6.07) is 5.80. The summed E-state index contributed by atoms with van der Waals surface area (Å²) in [7, 11) is 0. The van der Waals surface area contributed by atoms with E-state index in [4.69, 9.17) is 4.74 Å². The Kier molecular flexibility index (Phi) is 5.41. The van der Waals surface area contributed by atoms with Gasteiger partial charge in [0.05, 0.1) is 0 Å². The van der Waals surface area contributed by atoms with Crippen LogP contribution in [0.1, 0.15) is 35.7 Å². The molecule has 2 N–H and O–H groups in total. The van der Waals surface area contributed by atoms with Crippen LogP contribution in [-0.2, 0) is 4.74 Å². The van der Waals surface area contributed by atoms with Crippen LogP contribution in [0.5, 0.6) is 0 Å². The van der Waals surface area contributed by atoms with E-state index < -0.39 is 0 Å². The van der Waals surface area contributed by atoms with Crippen LogP contribution >= 0.6 is 0 Å². The van der Waals surface area contributed by atoms with Gasteiger partial charge in [0, 0.05) is 37.6 Å². The molecule has 1 aliphatic heterocycles. The number of hydrogen-bond acceptors (Lipinski definition) is 3. The Morgan fingerprint density at radius 2 is 2.10 bits per heavy atom. The van der Waals surface area contributed by atoms with Gasteiger partial charge in [-0.3, -0.25) is 4.79 Å². The second-order valence-corrected chi connectivity index (χ2v) is 5.33. The third kappa shape index (κ3) is 3.97. The van der Waals surface area contributed by atoms with Crippen molar-refractivity contribution < 1.29 is 9.53 Å². The molecule has 0 saturated carbocycles. The van der Waals surface area contributed by atoms with E-state index in [1.165, 1.54) is 0 Å². The fourth-order valence-electron chi connectivity index (χ4n) is 2.48. The zero-order valence-electron chi connectivity index (χ0n) is 12.4. The summed E-state index contributed by atoms with van der Waals surface area (Å²) in [6.07, 6.45) is 2.08. The molecule has 2 rings (SSSR count). The lowest BCUT2D eigenvalue weighted by Gasteiger charge is -2.22. The molecule has 1 aliphatic rings. The van der Waals surface area contributed by atoms with Crippen molar-refractivity contribution in [3.05, 3.63) is 29.3 Å². The van der Waals surface area contributed by atoms with Gasteiger partial charge in [0.25, 0.3) is 5.91 Å². The van der Waals surface area contributed by atoms with Gasteiger partial charge in [0.1, 0.15) is 0 Å². The largest absolute Gasteiger partial charge is 0.385 e. The summed E-state index contributed by atoms with van der Waals surface area (Å²) < 4.78 is 5.32. The highest BCUT2D eigenvalue weighted by molar-refractivity contribution is 5.94. The molecule has 1 saturated heterocycles. The minimum absolute atomic E-state index is 0.0163. The first-order valence-electron chi connectivity index (χ1n) is 7.41. The van der Waals surface area contributed by atoms with E-state index >= 15 is 0 Å². The first kappa shape index (κ1) is 14.9. The Balaban J connectivity index is 1.89. The van der Waals surface area contributed by atoms with Crippen molar-refractivity contribution in [2.75, 3.05) is 31.6 Å². The molecule has 1 heterocycles. The molecule has 0 atom stereocenters. The van der Waals surface area contributed by atoms with Crippen molar-refractivity contribution in [1.29, 1.82) is 0 Å². The summed E-state index contributed by atoms with van der Waals surface area (Å²) in [6.45, 7) is 7.35. The number of ether oxygens (including phenoxy) is 1. The lowest BCUT2D eigenvalue weighted by Crippen LogP contribution is -2.32. The number of benzene rings is 1. The number of aryl methyl sites for hydroxylation is 1. The third-order valence-corrected chi connectivity index (χ3v) is 3.75. The summed E-state index contributed by atoms with van der Waals surface area (Å²) >= 11 is 0. The highest BCUT2D eigenvalue weighted by Gasteiger charge is 2.15. The van der Waals surface area contributed by atoms with E-state index in [0.29, 0.717) is 5.92 Å². The van der Waals surface area contributed by atoms with Gasteiger partial charge < -0.3 is 15.4 Å². The Bertz CT molecular complexity index is 454. The number of amides is 1. The van der Waals surface area contributed by atoms with Crippen molar-refractivity contribution >= 4 is 11.6 Å². The van der Waals surface area contributed by atoms with Crippen LogP contribution in [0.3, 0.4) is 0 Å². The predicted octanol–water partition coefficient (Wildman–Crippen LogP) is 2.58. The molecule has 1 aromatic carbocycles. The fraction of sp³-hybridized carbons (Fsp3) is 0.562. The molecule has 20 heavy (non-hydrogen) atoms. The van der Waals surface area contributed by atoms with Crippen LogP contribution in [-0.4, -0.2) is 32.2 Å². The number of carbonyl (C=O) groups excluding carboxylic acids is 1. The quantitative estimate of drug-likeness (QED) is 0.869. The number of nitrogens with one attached hydrogen (secondary N) is 2. The molecular weight excluding hydrogens is 252 g/mol. The first-order chi connectivity index (χ1) is 9.70. The molecule has 1 fully saturated rings. The maximum Gasteiger partial charge on any atom is 0.251 e. The maximum atomic E-state index is 12.1. The van der Waals surface area contributed by atoms with Crippen molar-refractivity contribution in [3.8, 4) is 0 Å². The number of rotatable bonds is 5. The molecule has 0 spiro atoms. The Morgan fingerprint density at radius 3 is 2.75 bits per heavy atom. The van der Waals surface area contributed by atoms with Crippen molar-refractivity contribution in [3.63, 3.8) is 0 Å².